The maximum atomic E-state index is 5.87. The Hall–Kier alpha value is -0.340. The highest BCUT2D eigenvalue weighted by molar-refractivity contribution is 5.13. The molecule has 1 aliphatic heterocycles. The van der Waals surface area contributed by atoms with Crippen LogP contribution in [-0.4, -0.2) is 19.0 Å². The first-order chi connectivity index (χ1) is 6.84. The van der Waals surface area contributed by atoms with Crippen molar-refractivity contribution in [3.8, 4) is 0 Å². The molecule has 3 atom stereocenters. The molecule has 2 heteroatoms. The van der Waals surface area contributed by atoms with Gasteiger partial charge < -0.3 is 9.47 Å². The maximum Gasteiger partial charge on any atom is 0.171 e. The Morgan fingerprint density at radius 1 is 1.21 bits per heavy atom. The Bertz CT molecular complexity index is 253. The summed E-state index contributed by atoms with van der Waals surface area (Å²) in [5.41, 5.74) is 0. The van der Waals surface area contributed by atoms with Crippen LogP contribution < -0.4 is 0 Å². The number of hydrogen-bond donors (Lipinski definition) is 0. The van der Waals surface area contributed by atoms with Gasteiger partial charge in [0.2, 0.25) is 0 Å². The van der Waals surface area contributed by atoms with Gasteiger partial charge in [0.05, 0.1) is 13.2 Å². The minimum atomic E-state index is -0.232. The third kappa shape index (κ3) is 1.10. The van der Waals surface area contributed by atoms with Crippen LogP contribution in [0.15, 0.2) is 12.2 Å². The molecule has 2 aliphatic carbocycles. The monoisotopic (exact) mass is 194 g/mol. The first-order valence-electron chi connectivity index (χ1n) is 5.80. The Balaban J connectivity index is 1.83. The van der Waals surface area contributed by atoms with Gasteiger partial charge in [-0.05, 0) is 31.1 Å². The fraction of sp³-hybridized carbons (Fsp3) is 0.833. The smallest absolute Gasteiger partial charge is 0.171 e. The van der Waals surface area contributed by atoms with Crippen LogP contribution in [0.2, 0.25) is 0 Å². The predicted molar refractivity (Wildman–Crippen MR) is 53.8 cm³/mol. The van der Waals surface area contributed by atoms with Gasteiger partial charge in [-0.1, -0.05) is 19.1 Å². The standard InChI is InChI=1S/C12H18O2/c1-2-12(13-5-6-14-12)11-8-9-3-4-10(11)7-9/h3-4,9-11H,2,5-8H2,1H3/t9-,10+,11-/m1/s1. The molecule has 14 heavy (non-hydrogen) atoms. The van der Waals surface area contributed by atoms with Crippen molar-refractivity contribution in [3.63, 3.8) is 0 Å². The molecule has 0 aromatic rings. The highest BCUT2D eigenvalue weighted by Crippen LogP contribution is 2.51. The largest absolute Gasteiger partial charge is 0.347 e. The Labute approximate surface area is 85.3 Å². The number of ether oxygens (including phenoxy) is 2. The molecule has 1 saturated heterocycles. The van der Waals surface area contributed by atoms with Crippen molar-refractivity contribution in [1.29, 1.82) is 0 Å². The molecule has 3 rings (SSSR count). The minimum Gasteiger partial charge on any atom is -0.347 e. The van der Waals surface area contributed by atoms with Gasteiger partial charge in [-0.25, -0.2) is 0 Å². The van der Waals surface area contributed by atoms with E-state index in [0.717, 1.165) is 31.5 Å². The lowest BCUT2D eigenvalue weighted by atomic mass is 9.84. The molecule has 2 bridgehead atoms. The molecule has 0 unspecified atom stereocenters. The summed E-state index contributed by atoms with van der Waals surface area (Å²) in [6.07, 6.45) is 8.35. The number of fused-ring (bicyclic) bond motifs is 2. The number of allylic oxidation sites excluding steroid dienone is 2. The fourth-order valence-electron chi connectivity index (χ4n) is 3.44. The summed E-state index contributed by atoms with van der Waals surface area (Å²) in [6, 6.07) is 0. The lowest BCUT2D eigenvalue weighted by molar-refractivity contribution is -0.202. The van der Waals surface area contributed by atoms with Gasteiger partial charge in [-0.3, -0.25) is 0 Å². The fourth-order valence-corrected chi connectivity index (χ4v) is 3.44. The Morgan fingerprint density at radius 3 is 2.50 bits per heavy atom. The highest BCUT2D eigenvalue weighted by Gasteiger charge is 2.51. The lowest BCUT2D eigenvalue weighted by Crippen LogP contribution is -2.40. The second-order valence-electron chi connectivity index (χ2n) is 4.75. The summed E-state index contributed by atoms with van der Waals surface area (Å²) in [4.78, 5) is 0. The van der Waals surface area contributed by atoms with E-state index in [1.165, 1.54) is 12.8 Å². The molecule has 0 radical (unpaired) electrons. The van der Waals surface area contributed by atoms with Crippen LogP contribution in [0.25, 0.3) is 0 Å². The van der Waals surface area contributed by atoms with Crippen molar-refractivity contribution in [2.45, 2.75) is 32.0 Å². The number of hydrogen-bond acceptors (Lipinski definition) is 2. The molecule has 0 spiro atoms. The molecule has 78 valence electrons. The normalized spacial score (nSPS) is 43.6. The number of rotatable bonds is 2. The molecule has 2 fully saturated rings. The molecule has 0 aromatic heterocycles. The van der Waals surface area contributed by atoms with E-state index in [2.05, 4.69) is 19.1 Å². The van der Waals surface area contributed by atoms with E-state index in [9.17, 15) is 0 Å². The van der Waals surface area contributed by atoms with Crippen LogP contribution in [0.1, 0.15) is 26.2 Å². The average Bonchev–Trinajstić information content (AvgIpc) is 2.94. The van der Waals surface area contributed by atoms with Crippen molar-refractivity contribution in [1.82, 2.24) is 0 Å². The molecule has 3 aliphatic rings. The van der Waals surface area contributed by atoms with Crippen LogP contribution in [0, 0.1) is 17.8 Å². The highest BCUT2D eigenvalue weighted by atomic mass is 16.7. The van der Waals surface area contributed by atoms with E-state index in [1.54, 1.807) is 0 Å². The average molecular weight is 194 g/mol. The Kier molecular flexibility index (Phi) is 1.96. The second kappa shape index (κ2) is 3.07. The van der Waals surface area contributed by atoms with Crippen LogP contribution in [0.4, 0.5) is 0 Å². The second-order valence-corrected chi connectivity index (χ2v) is 4.75. The Morgan fingerprint density at radius 2 is 2.00 bits per heavy atom. The SMILES string of the molecule is CCC1([C@@H]2C[C@@H]3C=C[C@H]2C3)OCCO1. The van der Waals surface area contributed by atoms with Crippen molar-refractivity contribution in [2.24, 2.45) is 17.8 Å². The summed E-state index contributed by atoms with van der Waals surface area (Å²) in [6.45, 7) is 3.75. The van der Waals surface area contributed by atoms with Crippen molar-refractivity contribution in [2.75, 3.05) is 13.2 Å². The van der Waals surface area contributed by atoms with Gasteiger partial charge >= 0.3 is 0 Å². The summed E-state index contributed by atoms with van der Waals surface area (Å²) >= 11 is 0. The van der Waals surface area contributed by atoms with Gasteiger partial charge in [-0.2, -0.15) is 0 Å². The van der Waals surface area contributed by atoms with Crippen LogP contribution in [0.3, 0.4) is 0 Å². The summed E-state index contributed by atoms with van der Waals surface area (Å²) < 4.78 is 11.7. The van der Waals surface area contributed by atoms with Gasteiger partial charge in [0.1, 0.15) is 0 Å². The van der Waals surface area contributed by atoms with Gasteiger partial charge in [0.25, 0.3) is 0 Å². The van der Waals surface area contributed by atoms with E-state index in [4.69, 9.17) is 9.47 Å². The first kappa shape index (κ1) is 8.93. The molecule has 1 heterocycles. The van der Waals surface area contributed by atoms with Gasteiger partial charge in [0, 0.05) is 5.92 Å². The summed E-state index contributed by atoms with van der Waals surface area (Å²) in [5.74, 6) is 1.91. The topological polar surface area (TPSA) is 18.5 Å². The van der Waals surface area contributed by atoms with Crippen LogP contribution in [-0.2, 0) is 9.47 Å². The molecule has 0 amide bonds. The molecular weight excluding hydrogens is 176 g/mol. The zero-order valence-corrected chi connectivity index (χ0v) is 8.74. The molecule has 0 aromatic carbocycles. The third-order valence-electron chi connectivity index (χ3n) is 4.11. The summed E-state index contributed by atoms with van der Waals surface area (Å²) in [7, 11) is 0. The van der Waals surface area contributed by atoms with E-state index in [0.29, 0.717) is 5.92 Å². The molecular formula is C12H18O2. The van der Waals surface area contributed by atoms with E-state index in [1.807, 2.05) is 0 Å². The quantitative estimate of drug-likeness (QED) is 0.628. The van der Waals surface area contributed by atoms with Crippen molar-refractivity contribution < 1.29 is 9.47 Å². The lowest BCUT2D eigenvalue weighted by Gasteiger charge is -2.36. The predicted octanol–water partition coefficient (Wildman–Crippen LogP) is 2.35. The van der Waals surface area contributed by atoms with E-state index in [-0.39, 0.29) is 5.79 Å². The van der Waals surface area contributed by atoms with E-state index >= 15 is 0 Å². The zero-order valence-electron chi connectivity index (χ0n) is 8.74. The van der Waals surface area contributed by atoms with E-state index < -0.39 is 0 Å². The zero-order chi connectivity index (χ0) is 9.60. The first-order valence-corrected chi connectivity index (χ1v) is 5.80. The third-order valence-corrected chi connectivity index (χ3v) is 4.11. The van der Waals surface area contributed by atoms with Crippen molar-refractivity contribution in [3.05, 3.63) is 12.2 Å². The maximum absolute atomic E-state index is 5.87. The minimum absolute atomic E-state index is 0.232. The molecule has 1 saturated carbocycles. The summed E-state index contributed by atoms with van der Waals surface area (Å²) in [5, 5.41) is 0. The van der Waals surface area contributed by atoms with Gasteiger partial charge in [-0.15, -0.1) is 0 Å². The molecule has 2 nitrogen and oxygen atoms in total. The molecule has 0 N–H and O–H groups in total. The van der Waals surface area contributed by atoms with Crippen molar-refractivity contribution >= 4 is 0 Å². The van der Waals surface area contributed by atoms with Crippen LogP contribution in [0.5, 0.6) is 0 Å². The van der Waals surface area contributed by atoms with Gasteiger partial charge in [0.15, 0.2) is 5.79 Å². The van der Waals surface area contributed by atoms with Crippen LogP contribution >= 0.6 is 0 Å².